The summed E-state index contributed by atoms with van der Waals surface area (Å²) < 4.78 is 44.6. The molecule has 0 radical (unpaired) electrons. The number of halogens is 1. The van der Waals surface area contributed by atoms with Gasteiger partial charge < -0.3 is 10.1 Å². The summed E-state index contributed by atoms with van der Waals surface area (Å²) >= 11 is 0. The van der Waals surface area contributed by atoms with E-state index in [4.69, 9.17) is 4.74 Å². The van der Waals surface area contributed by atoms with Crippen LogP contribution in [0.3, 0.4) is 0 Å². The summed E-state index contributed by atoms with van der Waals surface area (Å²) in [6, 6.07) is 13.6. The molecule has 2 aromatic carbocycles. The number of anilines is 1. The number of carbonyl (C=O) groups is 2. The molecular weight excluding hydrogens is 459 g/mol. The molecule has 0 aliphatic heterocycles. The predicted molar refractivity (Wildman–Crippen MR) is 130 cm³/mol. The Bertz CT molecular complexity index is 1100. The number of carbonyl (C=O) groups excluding carboxylic acids is 2. The molecule has 2 aromatic rings. The molecule has 2 unspecified atom stereocenters. The van der Waals surface area contributed by atoms with E-state index in [2.05, 4.69) is 10.0 Å². The Labute approximate surface area is 201 Å². The number of hydrogen-bond donors (Lipinski definition) is 2. The van der Waals surface area contributed by atoms with Crippen LogP contribution in [0, 0.1) is 17.2 Å². The lowest BCUT2D eigenvalue weighted by Crippen LogP contribution is -2.36. The Morgan fingerprint density at radius 1 is 1.09 bits per heavy atom. The first-order chi connectivity index (χ1) is 15.8. The van der Waals surface area contributed by atoms with Crippen molar-refractivity contribution >= 4 is 27.6 Å². The second-order valence-electron chi connectivity index (χ2n) is 9.48. The molecule has 0 bridgehead atoms. The van der Waals surface area contributed by atoms with E-state index < -0.39 is 27.2 Å². The van der Waals surface area contributed by atoms with Crippen LogP contribution in [-0.4, -0.2) is 39.7 Å². The Hall–Kier alpha value is -2.94. The van der Waals surface area contributed by atoms with Gasteiger partial charge in [-0.2, -0.15) is 0 Å². The smallest absolute Gasteiger partial charge is 0.311 e. The average Bonchev–Trinajstić information content (AvgIpc) is 2.75. The van der Waals surface area contributed by atoms with Gasteiger partial charge in [0.15, 0.2) is 0 Å². The van der Waals surface area contributed by atoms with E-state index in [1.54, 1.807) is 27.7 Å². The maximum atomic E-state index is 14.3. The largest absolute Gasteiger partial charge is 0.465 e. The summed E-state index contributed by atoms with van der Waals surface area (Å²) in [6.07, 6.45) is 1.54. The fraction of sp³-hybridized carbons (Fsp3) is 0.440. The van der Waals surface area contributed by atoms with Crippen LogP contribution < -0.4 is 10.0 Å². The number of ether oxygens (including phenoxy) is 1. The van der Waals surface area contributed by atoms with Crippen molar-refractivity contribution in [1.29, 1.82) is 0 Å². The zero-order valence-electron chi connectivity index (χ0n) is 20.2. The van der Waals surface area contributed by atoms with E-state index in [1.165, 1.54) is 12.1 Å². The molecule has 186 valence electrons. The van der Waals surface area contributed by atoms with Crippen molar-refractivity contribution in [3.8, 4) is 0 Å². The van der Waals surface area contributed by atoms with Gasteiger partial charge in [-0.15, -0.1) is 0 Å². The molecule has 0 saturated heterocycles. The fourth-order valence-corrected chi connectivity index (χ4v) is 3.75. The first-order valence-corrected chi connectivity index (χ1v) is 12.9. The maximum absolute atomic E-state index is 14.3. The summed E-state index contributed by atoms with van der Waals surface area (Å²) in [7, 11) is -3.62. The number of nitrogens with one attached hydrogen (secondary N) is 2. The lowest BCUT2D eigenvalue weighted by molar-refractivity contribution is -0.154. The molecule has 0 fully saturated rings. The highest BCUT2D eigenvalue weighted by Crippen LogP contribution is 2.23. The van der Waals surface area contributed by atoms with Gasteiger partial charge in [0.1, 0.15) is 5.82 Å². The summed E-state index contributed by atoms with van der Waals surface area (Å²) in [6.45, 7) is 7.40. The zero-order chi connectivity index (χ0) is 25.5. The van der Waals surface area contributed by atoms with E-state index in [9.17, 15) is 22.4 Å². The minimum absolute atomic E-state index is 0.150. The van der Waals surface area contributed by atoms with Gasteiger partial charge in [-0.05, 0) is 57.4 Å². The number of benzene rings is 2. The van der Waals surface area contributed by atoms with E-state index in [0.717, 1.165) is 17.9 Å². The average molecular weight is 493 g/mol. The molecular formula is C25H33FN2O5S. The Kier molecular flexibility index (Phi) is 9.21. The van der Waals surface area contributed by atoms with Crippen LogP contribution in [-0.2, 0) is 30.8 Å². The van der Waals surface area contributed by atoms with Gasteiger partial charge in [0.2, 0.25) is 15.9 Å². The van der Waals surface area contributed by atoms with Crippen molar-refractivity contribution in [3.63, 3.8) is 0 Å². The van der Waals surface area contributed by atoms with E-state index in [-0.39, 0.29) is 36.6 Å². The second-order valence-corrected chi connectivity index (χ2v) is 11.2. The molecule has 0 spiro atoms. The number of amides is 1. The molecule has 2 atom stereocenters. The van der Waals surface area contributed by atoms with Crippen LogP contribution in [0.5, 0.6) is 0 Å². The second kappa shape index (κ2) is 11.5. The minimum atomic E-state index is -3.62. The Balaban J connectivity index is 2.05. The summed E-state index contributed by atoms with van der Waals surface area (Å²) in [5.41, 5.74) is 0.657. The Morgan fingerprint density at radius 3 is 2.29 bits per heavy atom. The molecule has 0 saturated carbocycles. The predicted octanol–water partition coefficient (Wildman–Crippen LogP) is 3.87. The standard InChI is InChI=1S/C25H33FN2O5S/c1-17(20-11-12-22(21(26)14-20)28-34(5,31)32)23(29)27-15-19(13-18-9-7-6-8-10-18)16-33-24(30)25(2,3)4/h6-12,14,17,19,28H,13,15-16H2,1-5H3,(H,27,29). The molecule has 1 amide bonds. The van der Waals surface area contributed by atoms with Crippen LogP contribution in [0.25, 0.3) is 0 Å². The van der Waals surface area contributed by atoms with Gasteiger partial charge in [-0.3, -0.25) is 14.3 Å². The van der Waals surface area contributed by atoms with Crippen LogP contribution >= 0.6 is 0 Å². The van der Waals surface area contributed by atoms with Crippen LogP contribution in [0.2, 0.25) is 0 Å². The first kappa shape index (κ1) is 27.3. The molecule has 0 heterocycles. The number of sulfonamides is 1. The lowest BCUT2D eigenvalue weighted by atomic mass is 9.96. The quantitative estimate of drug-likeness (QED) is 0.491. The zero-order valence-corrected chi connectivity index (χ0v) is 21.0. The van der Waals surface area contributed by atoms with Crippen molar-refractivity contribution in [3.05, 3.63) is 65.5 Å². The molecule has 0 aliphatic carbocycles. The molecule has 9 heteroatoms. The van der Waals surface area contributed by atoms with Gasteiger partial charge >= 0.3 is 5.97 Å². The normalized spacial score (nSPS) is 13.6. The summed E-state index contributed by atoms with van der Waals surface area (Å²) in [4.78, 5) is 25.0. The van der Waals surface area contributed by atoms with Crippen molar-refractivity contribution in [1.82, 2.24) is 5.32 Å². The summed E-state index contributed by atoms with van der Waals surface area (Å²) in [5.74, 6) is -2.22. The fourth-order valence-electron chi connectivity index (χ4n) is 3.18. The van der Waals surface area contributed by atoms with Gasteiger partial charge in [-0.1, -0.05) is 36.4 Å². The van der Waals surface area contributed by atoms with Gasteiger partial charge in [-0.25, -0.2) is 12.8 Å². The monoisotopic (exact) mass is 492 g/mol. The third-order valence-corrected chi connectivity index (χ3v) is 5.77. The molecule has 2 rings (SSSR count). The van der Waals surface area contributed by atoms with Crippen LogP contribution in [0.15, 0.2) is 48.5 Å². The topological polar surface area (TPSA) is 102 Å². The molecule has 7 nitrogen and oxygen atoms in total. The third-order valence-electron chi connectivity index (χ3n) is 5.18. The third kappa shape index (κ3) is 8.78. The van der Waals surface area contributed by atoms with E-state index in [0.29, 0.717) is 12.0 Å². The highest BCUT2D eigenvalue weighted by Gasteiger charge is 2.25. The van der Waals surface area contributed by atoms with Crippen molar-refractivity contribution < 1.29 is 27.1 Å². The van der Waals surface area contributed by atoms with E-state index >= 15 is 0 Å². The van der Waals surface area contributed by atoms with Crippen molar-refractivity contribution in [2.45, 2.75) is 40.0 Å². The number of rotatable bonds is 10. The van der Waals surface area contributed by atoms with Gasteiger partial charge in [0.05, 0.1) is 29.9 Å². The molecule has 0 aromatic heterocycles. The lowest BCUT2D eigenvalue weighted by Gasteiger charge is -2.22. The number of hydrogen-bond acceptors (Lipinski definition) is 5. The van der Waals surface area contributed by atoms with Crippen molar-refractivity contribution in [2.24, 2.45) is 11.3 Å². The highest BCUT2D eigenvalue weighted by molar-refractivity contribution is 7.92. The number of esters is 1. The molecule has 2 N–H and O–H groups in total. The van der Waals surface area contributed by atoms with Crippen molar-refractivity contribution in [2.75, 3.05) is 24.1 Å². The first-order valence-electron chi connectivity index (χ1n) is 11.0. The maximum Gasteiger partial charge on any atom is 0.311 e. The van der Waals surface area contributed by atoms with Crippen LogP contribution in [0.4, 0.5) is 10.1 Å². The molecule has 0 aliphatic rings. The van der Waals surface area contributed by atoms with Gasteiger partial charge in [0, 0.05) is 12.5 Å². The highest BCUT2D eigenvalue weighted by atomic mass is 32.2. The molecule has 34 heavy (non-hydrogen) atoms. The minimum Gasteiger partial charge on any atom is -0.465 e. The van der Waals surface area contributed by atoms with Crippen LogP contribution in [0.1, 0.15) is 44.7 Å². The van der Waals surface area contributed by atoms with E-state index in [1.807, 2.05) is 30.3 Å². The van der Waals surface area contributed by atoms with Gasteiger partial charge in [0.25, 0.3) is 0 Å². The summed E-state index contributed by atoms with van der Waals surface area (Å²) in [5, 5.41) is 2.87. The Morgan fingerprint density at radius 2 is 1.74 bits per heavy atom. The SMILES string of the molecule is CC(C(=O)NCC(COC(=O)C(C)(C)C)Cc1ccccc1)c1ccc(NS(C)(=O)=O)c(F)c1.